The Morgan fingerprint density at radius 2 is 2.26 bits per heavy atom. The molecule has 2 atom stereocenters. The van der Waals surface area contributed by atoms with Gasteiger partial charge in [0.2, 0.25) is 5.91 Å². The largest absolute Gasteiger partial charge is 0.369 e. The number of carbonyl (C=O) groups excluding carboxylic acids is 1. The highest BCUT2D eigenvalue weighted by atomic mass is 35.5. The highest BCUT2D eigenvalue weighted by Crippen LogP contribution is 2.35. The van der Waals surface area contributed by atoms with E-state index in [1.165, 1.54) is 0 Å². The second kappa shape index (κ2) is 6.72. The molecule has 0 aliphatic carbocycles. The number of benzene rings is 1. The summed E-state index contributed by atoms with van der Waals surface area (Å²) < 4.78 is 7.69. The summed E-state index contributed by atoms with van der Waals surface area (Å²) in [5.74, 6) is 0.658. The third-order valence-electron chi connectivity index (χ3n) is 4.26. The molecule has 1 fully saturated rings. The minimum Gasteiger partial charge on any atom is -0.369 e. The van der Waals surface area contributed by atoms with Gasteiger partial charge in [0.1, 0.15) is 11.9 Å². The third kappa shape index (κ3) is 3.26. The second-order valence-electron chi connectivity index (χ2n) is 5.87. The molecular formula is C17H20ClN3O2. The Kier molecular flexibility index (Phi) is 4.68. The Morgan fingerprint density at radius 1 is 1.48 bits per heavy atom. The standard InChI is InChI=1S/C17H20ClN3O2/c1-20-9-8-19-16(20)15-13(7-10-23-15)17(22)21(2)11-12-5-3-4-6-14(12)18/h3-6,8-9,13,15H,7,10-11H2,1-2H3/t13-,15-/m1/s1. The molecule has 1 aromatic carbocycles. The molecule has 6 heteroatoms. The molecule has 1 aromatic heterocycles. The zero-order valence-corrected chi connectivity index (χ0v) is 14.0. The van der Waals surface area contributed by atoms with Crippen LogP contribution in [0.1, 0.15) is 23.9 Å². The topological polar surface area (TPSA) is 47.4 Å². The minimum atomic E-state index is -0.281. The van der Waals surface area contributed by atoms with Crippen molar-refractivity contribution < 1.29 is 9.53 Å². The summed E-state index contributed by atoms with van der Waals surface area (Å²) in [6.45, 7) is 1.07. The first-order valence-electron chi connectivity index (χ1n) is 7.65. The average molecular weight is 334 g/mol. The SMILES string of the molecule is CN(Cc1ccccc1Cl)C(=O)[C@@H]1CCO[C@H]1c1nccn1C. The minimum absolute atomic E-state index is 0.0652. The van der Waals surface area contributed by atoms with Gasteiger partial charge >= 0.3 is 0 Å². The molecule has 1 aliphatic heterocycles. The van der Waals surface area contributed by atoms with Crippen molar-refractivity contribution >= 4 is 17.5 Å². The first-order valence-corrected chi connectivity index (χ1v) is 8.03. The van der Waals surface area contributed by atoms with Gasteiger partial charge in [-0.2, -0.15) is 0 Å². The van der Waals surface area contributed by atoms with Gasteiger partial charge in [-0.15, -0.1) is 0 Å². The van der Waals surface area contributed by atoms with Crippen molar-refractivity contribution in [3.63, 3.8) is 0 Å². The van der Waals surface area contributed by atoms with E-state index in [9.17, 15) is 4.79 Å². The third-order valence-corrected chi connectivity index (χ3v) is 4.63. The van der Waals surface area contributed by atoms with Crippen molar-refractivity contribution in [2.75, 3.05) is 13.7 Å². The second-order valence-corrected chi connectivity index (χ2v) is 6.28. The smallest absolute Gasteiger partial charge is 0.228 e. The number of imidazole rings is 1. The van der Waals surface area contributed by atoms with E-state index in [0.717, 1.165) is 11.4 Å². The van der Waals surface area contributed by atoms with Gasteiger partial charge in [0.15, 0.2) is 0 Å². The predicted octanol–water partition coefficient (Wildman–Crippen LogP) is 2.81. The number of hydrogen-bond acceptors (Lipinski definition) is 3. The highest BCUT2D eigenvalue weighted by Gasteiger charge is 2.38. The Hall–Kier alpha value is -1.85. The molecule has 0 unspecified atom stereocenters. The predicted molar refractivity (Wildman–Crippen MR) is 87.9 cm³/mol. The number of carbonyl (C=O) groups is 1. The number of hydrogen-bond donors (Lipinski definition) is 0. The van der Waals surface area contributed by atoms with E-state index in [0.29, 0.717) is 24.6 Å². The van der Waals surface area contributed by atoms with E-state index in [2.05, 4.69) is 4.98 Å². The Balaban J connectivity index is 1.74. The molecule has 5 nitrogen and oxygen atoms in total. The van der Waals surface area contributed by atoms with Crippen molar-refractivity contribution in [3.8, 4) is 0 Å². The lowest BCUT2D eigenvalue weighted by Crippen LogP contribution is -2.34. The van der Waals surface area contributed by atoms with Crippen LogP contribution in [0.15, 0.2) is 36.7 Å². The molecule has 0 radical (unpaired) electrons. The fourth-order valence-electron chi connectivity index (χ4n) is 2.99. The number of rotatable bonds is 4. The number of amides is 1. The van der Waals surface area contributed by atoms with Crippen molar-refractivity contribution in [2.45, 2.75) is 19.1 Å². The van der Waals surface area contributed by atoms with Gasteiger partial charge in [0.05, 0.1) is 5.92 Å². The van der Waals surface area contributed by atoms with Crippen LogP contribution in [0.4, 0.5) is 0 Å². The molecule has 0 N–H and O–H groups in total. The van der Waals surface area contributed by atoms with Crippen molar-refractivity contribution in [1.82, 2.24) is 14.5 Å². The molecule has 2 aromatic rings. The van der Waals surface area contributed by atoms with Crippen molar-refractivity contribution in [1.29, 1.82) is 0 Å². The summed E-state index contributed by atoms with van der Waals surface area (Å²) >= 11 is 6.19. The van der Waals surface area contributed by atoms with Crippen LogP contribution in [0.2, 0.25) is 5.02 Å². The van der Waals surface area contributed by atoms with Crippen molar-refractivity contribution in [3.05, 3.63) is 53.1 Å². The van der Waals surface area contributed by atoms with E-state index in [4.69, 9.17) is 16.3 Å². The maximum atomic E-state index is 12.8. The van der Waals surface area contributed by atoms with Crippen LogP contribution in [0.25, 0.3) is 0 Å². The number of aromatic nitrogens is 2. The number of halogens is 1. The van der Waals surface area contributed by atoms with Gasteiger partial charge in [-0.3, -0.25) is 4.79 Å². The maximum Gasteiger partial charge on any atom is 0.228 e. The molecule has 0 bridgehead atoms. The average Bonchev–Trinajstić information content (AvgIpc) is 3.17. The number of ether oxygens (including phenoxy) is 1. The molecular weight excluding hydrogens is 314 g/mol. The van der Waals surface area contributed by atoms with Crippen LogP contribution < -0.4 is 0 Å². The van der Waals surface area contributed by atoms with Gasteiger partial charge in [-0.05, 0) is 18.1 Å². The van der Waals surface area contributed by atoms with Gasteiger partial charge in [0, 0.05) is 44.7 Å². The van der Waals surface area contributed by atoms with Crippen LogP contribution >= 0.6 is 11.6 Å². The van der Waals surface area contributed by atoms with Gasteiger partial charge < -0.3 is 14.2 Å². The van der Waals surface area contributed by atoms with E-state index in [1.807, 2.05) is 42.1 Å². The maximum absolute atomic E-state index is 12.8. The summed E-state index contributed by atoms with van der Waals surface area (Å²) in [6, 6.07) is 7.59. The van der Waals surface area contributed by atoms with E-state index >= 15 is 0 Å². The van der Waals surface area contributed by atoms with Crippen LogP contribution in [-0.4, -0.2) is 34.0 Å². The van der Waals surface area contributed by atoms with Gasteiger partial charge in [0.25, 0.3) is 0 Å². The lowest BCUT2D eigenvalue weighted by Gasteiger charge is -2.24. The van der Waals surface area contributed by atoms with Crippen LogP contribution in [0, 0.1) is 5.92 Å². The van der Waals surface area contributed by atoms with Crippen LogP contribution in [-0.2, 0) is 23.1 Å². The highest BCUT2D eigenvalue weighted by molar-refractivity contribution is 6.31. The van der Waals surface area contributed by atoms with Gasteiger partial charge in [-0.1, -0.05) is 29.8 Å². The van der Waals surface area contributed by atoms with E-state index < -0.39 is 0 Å². The molecule has 2 heterocycles. The summed E-state index contributed by atoms with van der Waals surface area (Å²) in [4.78, 5) is 18.9. The molecule has 3 rings (SSSR count). The van der Waals surface area contributed by atoms with Crippen LogP contribution in [0.3, 0.4) is 0 Å². The Labute approximate surface area is 140 Å². The molecule has 1 amide bonds. The zero-order valence-electron chi connectivity index (χ0n) is 13.3. The van der Waals surface area contributed by atoms with Gasteiger partial charge in [-0.25, -0.2) is 4.98 Å². The zero-order chi connectivity index (χ0) is 16.4. The monoisotopic (exact) mass is 333 g/mol. The fourth-order valence-corrected chi connectivity index (χ4v) is 3.19. The molecule has 23 heavy (non-hydrogen) atoms. The van der Waals surface area contributed by atoms with Crippen LogP contribution in [0.5, 0.6) is 0 Å². The Morgan fingerprint density at radius 3 is 2.96 bits per heavy atom. The fraction of sp³-hybridized carbons (Fsp3) is 0.412. The molecule has 122 valence electrons. The summed E-state index contributed by atoms with van der Waals surface area (Å²) in [6.07, 6.45) is 4.03. The quantitative estimate of drug-likeness (QED) is 0.864. The molecule has 1 aliphatic rings. The number of aryl methyl sites for hydroxylation is 1. The summed E-state index contributed by atoms with van der Waals surface area (Å²) in [7, 11) is 3.72. The lowest BCUT2D eigenvalue weighted by molar-refractivity contribution is -0.136. The lowest BCUT2D eigenvalue weighted by atomic mass is 9.99. The number of nitrogens with zero attached hydrogens (tertiary/aromatic N) is 3. The summed E-state index contributed by atoms with van der Waals surface area (Å²) in [5, 5.41) is 0.676. The Bertz CT molecular complexity index is 701. The molecule has 0 spiro atoms. The molecule has 0 saturated carbocycles. The first kappa shape index (κ1) is 16.0. The van der Waals surface area contributed by atoms with E-state index in [-0.39, 0.29) is 17.9 Å². The normalized spacial score (nSPS) is 20.7. The van der Waals surface area contributed by atoms with E-state index in [1.54, 1.807) is 18.1 Å². The van der Waals surface area contributed by atoms with Crippen molar-refractivity contribution in [2.24, 2.45) is 13.0 Å². The summed E-state index contributed by atoms with van der Waals surface area (Å²) in [5.41, 5.74) is 0.942. The first-order chi connectivity index (χ1) is 11.1. The molecule has 1 saturated heterocycles.